The number of fused-ring (bicyclic) bond motifs is 1. The van der Waals surface area contributed by atoms with E-state index in [0.717, 1.165) is 4.90 Å². The Kier molecular flexibility index (Phi) is 4.67. The van der Waals surface area contributed by atoms with Crippen molar-refractivity contribution in [3.8, 4) is 5.69 Å². The second-order valence-electron chi connectivity index (χ2n) is 6.64. The van der Waals surface area contributed by atoms with Gasteiger partial charge in [0.25, 0.3) is 11.8 Å². The smallest absolute Gasteiger partial charge is 0.261 e. The quantitative estimate of drug-likeness (QED) is 0.677. The molecule has 8 heteroatoms. The van der Waals surface area contributed by atoms with Gasteiger partial charge in [-0.05, 0) is 31.2 Å². The van der Waals surface area contributed by atoms with Gasteiger partial charge in [0.1, 0.15) is 17.3 Å². The first-order chi connectivity index (χ1) is 14.0. The summed E-state index contributed by atoms with van der Waals surface area (Å²) >= 11 is 0. The number of nitrogens with zero attached hydrogens (tertiary/aromatic N) is 3. The number of benzene rings is 2. The first-order valence-corrected chi connectivity index (χ1v) is 9.02. The second-order valence-corrected chi connectivity index (χ2v) is 6.64. The molecule has 2 heterocycles. The summed E-state index contributed by atoms with van der Waals surface area (Å²) in [6, 6.07) is 14.3. The number of hydrogen-bond acceptors (Lipinski definition) is 4. The number of amides is 3. The van der Waals surface area contributed by atoms with Gasteiger partial charge in [0, 0.05) is 19.0 Å². The monoisotopic (exact) mass is 392 g/mol. The number of halogens is 1. The van der Waals surface area contributed by atoms with Crippen molar-refractivity contribution in [3.63, 3.8) is 0 Å². The molecule has 4 rings (SSSR count). The summed E-state index contributed by atoms with van der Waals surface area (Å²) in [5, 5.41) is 6.90. The van der Waals surface area contributed by atoms with Crippen LogP contribution >= 0.6 is 0 Å². The highest BCUT2D eigenvalue weighted by atomic mass is 19.1. The summed E-state index contributed by atoms with van der Waals surface area (Å²) in [7, 11) is 0. The molecular formula is C21H17FN4O3. The lowest BCUT2D eigenvalue weighted by atomic mass is 10.1. The minimum atomic E-state index is -0.475. The number of nitrogens with one attached hydrogen (secondary N) is 1. The number of aryl methyl sites for hydroxylation is 1. The molecule has 1 aromatic heterocycles. The Morgan fingerprint density at radius 1 is 1.03 bits per heavy atom. The summed E-state index contributed by atoms with van der Waals surface area (Å²) in [6.45, 7) is 1.68. The van der Waals surface area contributed by atoms with E-state index in [1.165, 1.54) is 10.7 Å². The molecule has 0 atom stereocenters. The van der Waals surface area contributed by atoms with Gasteiger partial charge < -0.3 is 5.32 Å². The number of carbonyl (C=O) groups excluding carboxylic acids is 3. The maximum Gasteiger partial charge on any atom is 0.261 e. The van der Waals surface area contributed by atoms with Gasteiger partial charge in [-0.1, -0.05) is 24.3 Å². The topological polar surface area (TPSA) is 84.3 Å². The number of carbonyl (C=O) groups is 3. The molecule has 146 valence electrons. The van der Waals surface area contributed by atoms with Crippen molar-refractivity contribution in [1.82, 2.24) is 14.7 Å². The molecule has 1 N–H and O–H groups in total. The number of rotatable bonds is 5. The lowest BCUT2D eigenvalue weighted by Crippen LogP contribution is -2.33. The second kappa shape index (κ2) is 7.31. The number of aromatic nitrogens is 2. The van der Waals surface area contributed by atoms with Crippen molar-refractivity contribution in [2.45, 2.75) is 13.3 Å². The van der Waals surface area contributed by atoms with Crippen LogP contribution in [0.1, 0.15) is 32.8 Å². The first kappa shape index (κ1) is 18.5. The first-order valence-electron chi connectivity index (χ1n) is 9.02. The molecule has 0 unspecified atom stereocenters. The molecular weight excluding hydrogens is 375 g/mol. The third kappa shape index (κ3) is 3.40. The molecule has 29 heavy (non-hydrogen) atoms. The van der Waals surface area contributed by atoms with Gasteiger partial charge in [-0.3, -0.25) is 19.3 Å². The lowest BCUT2D eigenvalue weighted by Gasteiger charge is -2.14. The van der Waals surface area contributed by atoms with Crippen LogP contribution in [0.2, 0.25) is 0 Å². The Labute approximate surface area is 165 Å². The zero-order valence-corrected chi connectivity index (χ0v) is 15.6. The molecule has 0 radical (unpaired) electrons. The summed E-state index contributed by atoms with van der Waals surface area (Å²) in [6.07, 6.45) is -0.0903. The summed E-state index contributed by atoms with van der Waals surface area (Å²) in [5.74, 6) is -1.41. The van der Waals surface area contributed by atoms with Crippen molar-refractivity contribution in [2.24, 2.45) is 0 Å². The normalized spacial score (nSPS) is 13.0. The van der Waals surface area contributed by atoms with E-state index in [4.69, 9.17) is 0 Å². The molecule has 1 aliphatic rings. The van der Waals surface area contributed by atoms with Crippen LogP contribution < -0.4 is 5.32 Å². The molecule has 0 fully saturated rings. The van der Waals surface area contributed by atoms with Gasteiger partial charge in [0.05, 0.1) is 16.8 Å². The zero-order chi connectivity index (χ0) is 20.5. The van der Waals surface area contributed by atoms with Crippen molar-refractivity contribution in [1.29, 1.82) is 0 Å². The Balaban J connectivity index is 1.46. The Morgan fingerprint density at radius 2 is 1.66 bits per heavy atom. The van der Waals surface area contributed by atoms with E-state index < -0.39 is 23.5 Å². The van der Waals surface area contributed by atoms with Crippen LogP contribution in [0.5, 0.6) is 0 Å². The maximum absolute atomic E-state index is 14.1. The highest BCUT2D eigenvalue weighted by Gasteiger charge is 2.35. The van der Waals surface area contributed by atoms with E-state index >= 15 is 0 Å². The van der Waals surface area contributed by atoms with Crippen LogP contribution in [-0.2, 0) is 4.79 Å². The van der Waals surface area contributed by atoms with Crippen LogP contribution in [0.4, 0.5) is 10.2 Å². The van der Waals surface area contributed by atoms with E-state index in [2.05, 4.69) is 10.4 Å². The van der Waals surface area contributed by atoms with Gasteiger partial charge in [-0.25, -0.2) is 9.07 Å². The van der Waals surface area contributed by atoms with Crippen LogP contribution in [0.25, 0.3) is 5.69 Å². The lowest BCUT2D eigenvalue weighted by molar-refractivity contribution is -0.116. The summed E-state index contributed by atoms with van der Waals surface area (Å²) < 4.78 is 15.4. The average Bonchev–Trinajstić information content (AvgIpc) is 3.18. The standard InChI is InChI=1S/C21H17FN4O3/c1-13-12-18(26(24-13)17-9-5-4-8-16(17)22)23-19(27)10-11-25-20(28)14-6-2-3-7-15(14)21(25)29/h2-9,12H,10-11H2,1H3,(H,23,27). The Morgan fingerprint density at radius 3 is 2.31 bits per heavy atom. The third-order valence-electron chi connectivity index (χ3n) is 4.62. The minimum Gasteiger partial charge on any atom is -0.311 e. The largest absolute Gasteiger partial charge is 0.311 e. The van der Waals surface area contributed by atoms with Crippen LogP contribution in [0, 0.1) is 12.7 Å². The average molecular weight is 392 g/mol. The fraction of sp³-hybridized carbons (Fsp3) is 0.143. The molecule has 7 nitrogen and oxygen atoms in total. The van der Waals surface area contributed by atoms with Crippen molar-refractivity contribution in [3.05, 3.63) is 77.2 Å². The zero-order valence-electron chi connectivity index (χ0n) is 15.6. The predicted octanol–water partition coefficient (Wildman–Crippen LogP) is 2.94. The maximum atomic E-state index is 14.1. The molecule has 0 saturated carbocycles. The van der Waals surface area contributed by atoms with E-state index in [9.17, 15) is 18.8 Å². The summed E-state index contributed by atoms with van der Waals surface area (Å²) in [5.41, 5.74) is 1.48. The minimum absolute atomic E-state index is 0.0506. The number of imide groups is 1. The molecule has 0 spiro atoms. The van der Waals surface area contributed by atoms with Gasteiger partial charge in [-0.15, -0.1) is 0 Å². The number of hydrogen-bond donors (Lipinski definition) is 1. The highest BCUT2D eigenvalue weighted by molar-refractivity contribution is 6.21. The van der Waals surface area contributed by atoms with Crippen LogP contribution in [-0.4, -0.2) is 38.9 Å². The van der Waals surface area contributed by atoms with E-state index in [1.807, 2.05) is 0 Å². The summed E-state index contributed by atoms with van der Waals surface area (Å²) in [4.78, 5) is 38.2. The fourth-order valence-electron chi connectivity index (χ4n) is 3.26. The van der Waals surface area contributed by atoms with Crippen molar-refractivity contribution < 1.29 is 18.8 Å². The number of anilines is 1. The van der Waals surface area contributed by atoms with E-state index in [-0.39, 0.29) is 18.7 Å². The van der Waals surface area contributed by atoms with Gasteiger partial charge in [-0.2, -0.15) is 5.10 Å². The molecule has 3 amide bonds. The number of para-hydroxylation sites is 1. The molecule has 1 aliphatic heterocycles. The Bertz CT molecular complexity index is 1100. The highest BCUT2D eigenvalue weighted by Crippen LogP contribution is 2.23. The fourth-order valence-corrected chi connectivity index (χ4v) is 3.26. The third-order valence-corrected chi connectivity index (χ3v) is 4.62. The molecule has 2 aromatic carbocycles. The van der Waals surface area contributed by atoms with Gasteiger partial charge in [0.2, 0.25) is 5.91 Å². The van der Waals surface area contributed by atoms with Gasteiger partial charge in [0.15, 0.2) is 0 Å². The predicted molar refractivity (Wildman–Crippen MR) is 103 cm³/mol. The van der Waals surface area contributed by atoms with Crippen LogP contribution in [0.3, 0.4) is 0 Å². The van der Waals surface area contributed by atoms with Crippen molar-refractivity contribution in [2.75, 3.05) is 11.9 Å². The SMILES string of the molecule is Cc1cc(NC(=O)CCN2C(=O)c3ccccc3C2=O)n(-c2ccccc2F)n1. The Hall–Kier alpha value is -3.81. The van der Waals surface area contributed by atoms with Crippen molar-refractivity contribution >= 4 is 23.5 Å². The molecule has 0 bridgehead atoms. The molecule has 3 aromatic rings. The van der Waals surface area contributed by atoms with Gasteiger partial charge >= 0.3 is 0 Å². The molecule has 0 saturated heterocycles. The van der Waals surface area contributed by atoms with Crippen LogP contribution in [0.15, 0.2) is 54.6 Å². The van der Waals surface area contributed by atoms with E-state index in [0.29, 0.717) is 22.6 Å². The van der Waals surface area contributed by atoms with E-state index in [1.54, 1.807) is 55.5 Å². The molecule has 0 aliphatic carbocycles.